The molecular weight excluding hydrogens is 220 g/mol. The number of aromatic nitrogens is 3. The molecule has 0 fully saturated rings. The lowest BCUT2D eigenvalue weighted by Crippen LogP contribution is -2.08. The molecule has 1 aromatic rings. The third-order valence-corrected chi connectivity index (χ3v) is 1.98. The first-order chi connectivity index (χ1) is 8.17. The van der Waals surface area contributed by atoms with Crippen LogP contribution in [0.1, 0.15) is 30.3 Å². The second kappa shape index (κ2) is 6.43. The Morgan fingerprint density at radius 1 is 1.71 bits per heavy atom. The van der Waals surface area contributed by atoms with Crippen molar-refractivity contribution in [2.75, 3.05) is 6.61 Å². The summed E-state index contributed by atoms with van der Waals surface area (Å²) < 4.78 is 4.79. The van der Waals surface area contributed by atoms with E-state index in [-0.39, 0.29) is 5.69 Å². The topological polar surface area (TPSA) is 80.8 Å². The van der Waals surface area contributed by atoms with Gasteiger partial charge in [0.1, 0.15) is 0 Å². The molecule has 6 heteroatoms. The van der Waals surface area contributed by atoms with Crippen LogP contribution in [0.25, 0.3) is 0 Å². The number of allylic oxidation sites excluding steroid dienone is 1. The van der Waals surface area contributed by atoms with Crippen molar-refractivity contribution >= 4 is 5.97 Å². The number of hydrogen-bond donors (Lipinski definition) is 0. The molecular formula is C11H14N4O2. The summed E-state index contributed by atoms with van der Waals surface area (Å²) in [6.07, 6.45) is 2.38. The van der Waals surface area contributed by atoms with Crippen LogP contribution in [0.5, 0.6) is 0 Å². The van der Waals surface area contributed by atoms with Crippen molar-refractivity contribution in [3.63, 3.8) is 0 Å². The van der Waals surface area contributed by atoms with Gasteiger partial charge in [0.15, 0.2) is 5.69 Å². The molecule has 0 atom stereocenters. The van der Waals surface area contributed by atoms with Gasteiger partial charge in [0, 0.05) is 6.42 Å². The van der Waals surface area contributed by atoms with Crippen LogP contribution in [-0.2, 0) is 11.3 Å². The van der Waals surface area contributed by atoms with Gasteiger partial charge in [-0.3, -0.25) is 0 Å². The van der Waals surface area contributed by atoms with E-state index in [0.717, 1.165) is 5.57 Å². The Balaban J connectivity index is 2.54. The predicted octanol–water partition coefficient (Wildman–Crippen LogP) is 1.31. The van der Waals surface area contributed by atoms with Crippen LogP contribution in [0.2, 0.25) is 0 Å². The molecule has 0 aliphatic carbocycles. The van der Waals surface area contributed by atoms with Crippen molar-refractivity contribution < 1.29 is 9.53 Å². The van der Waals surface area contributed by atoms with Crippen LogP contribution in [0, 0.1) is 11.3 Å². The van der Waals surface area contributed by atoms with Crippen LogP contribution in [0.15, 0.2) is 18.3 Å². The van der Waals surface area contributed by atoms with E-state index >= 15 is 0 Å². The van der Waals surface area contributed by atoms with Gasteiger partial charge in [-0.2, -0.15) is 15.2 Å². The molecule has 1 heterocycles. The van der Waals surface area contributed by atoms with Crippen molar-refractivity contribution in [3.8, 4) is 6.07 Å². The van der Waals surface area contributed by atoms with Gasteiger partial charge >= 0.3 is 5.97 Å². The summed E-state index contributed by atoms with van der Waals surface area (Å²) in [5.41, 5.74) is 1.03. The summed E-state index contributed by atoms with van der Waals surface area (Å²) >= 11 is 0. The minimum atomic E-state index is -0.485. The minimum absolute atomic E-state index is 0.180. The second-order valence-electron chi connectivity index (χ2n) is 3.39. The number of nitrogens with zero attached hydrogens (tertiary/aromatic N) is 4. The first-order valence-electron chi connectivity index (χ1n) is 5.28. The molecule has 0 spiro atoms. The number of hydrogen-bond acceptors (Lipinski definition) is 5. The van der Waals surface area contributed by atoms with Gasteiger partial charge < -0.3 is 4.74 Å². The SMILES string of the molecule is C=C(CCC#N)Cn1ncc(C(=O)OCC)n1. The maximum Gasteiger partial charge on any atom is 0.360 e. The van der Waals surface area contributed by atoms with Crippen LogP contribution >= 0.6 is 0 Å². The lowest BCUT2D eigenvalue weighted by molar-refractivity contribution is 0.0518. The fourth-order valence-electron chi connectivity index (χ4n) is 1.18. The minimum Gasteiger partial charge on any atom is -0.461 e. The summed E-state index contributed by atoms with van der Waals surface area (Å²) in [4.78, 5) is 12.7. The maximum absolute atomic E-state index is 11.3. The summed E-state index contributed by atoms with van der Waals surface area (Å²) in [5, 5.41) is 16.3. The molecule has 0 unspecified atom stereocenters. The molecule has 0 saturated heterocycles. The number of nitriles is 1. The molecule has 0 bridgehead atoms. The highest BCUT2D eigenvalue weighted by Crippen LogP contribution is 2.04. The fraction of sp³-hybridized carbons (Fsp3) is 0.455. The molecule has 0 radical (unpaired) electrons. The van der Waals surface area contributed by atoms with Crippen LogP contribution in [0.3, 0.4) is 0 Å². The van der Waals surface area contributed by atoms with E-state index in [1.54, 1.807) is 6.92 Å². The highest BCUT2D eigenvalue weighted by molar-refractivity contribution is 5.86. The Morgan fingerprint density at radius 2 is 2.47 bits per heavy atom. The zero-order valence-electron chi connectivity index (χ0n) is 9.72. The Bertz CT molecular complexity index is 445. The lowest BCUT2D eigenvalue weighted by atomic mass is 10.2. The highest BCUT2D eigenvalue weighted by atomic mass is 16.5. The number of carbonyl (C=O) groups excluding carboxylic acids is 1. The van der Waals surface area contributed by atoms with Crippen LogP contribution in [0.4, 0.5) is 0 Å². The molecule has 6 nitrogen and oxygen atoms in total. The molecule has 0 amide bonds. The standard InChI is InChI=1S/C11H14N4O2/c1-3-17-11(16)10-7-13-15(14-10)8-9(2)5-4-6-12/h7H,2-5,8H2,1H3. The fourth-order valence-corrected chi connectivity index (χ4v) is 1.18. The van der Waals surface area contributed by atoms with E-state index in [2.05, 4.69) is 16.8 Å². The zero-order chi connectivity index (χ0) is 12.7. The Labute approximate surface area is 99.5 Å². The molecule has 1 aromatic heterocycles. The number of rotatable bonds is 6. The monoisotopic (exact) mass is 234 g/mol. The molecule has 0 saturated carbocycles. The zero-order valence-corrected chi connectivity index (χ0v) is 9.72. The van der Waals surface area contributed by atoms with Crippen LogP contribution in [-0.4, -0.2) is 27.6 Å². The van der Waals surface area contributed by atoms with Gasteiger partial charge in [0.05, 0.1) is 25.4 Å². The summed E-state index contributed by atoms with van der Waals surface area (Å²) in [6.45, 7) is 6.25. The number of esters is 1. The van der Waals surface area contributed by atoms with Crippen molar-refractivity contribution in [2.45, 2.75) is 26.3 Å². The van der Waals surface area contributed by atoms with Gasteiger partial charge in [-0.05, 0) is 13.3 Å². The maximum atomic E-state index is 11.3. The van der Waals surface area contributed by atoms with Crippen LogP contribution < -0.4 is 0 Å². The lowest BCUT2D eigenvalue weighted by Gasteiger charge is -2.01. The van der Waals surface area contributed by atoms with Crippen molar-refractivity contribution in [1.29, 1.82) is 5.26 Å². The first-order valence-corrected chi connectivity index (χ1v) is 5.28. The summed E-state index contributed by atoms with van der Waals surface area (Å²) in [6, 6.07) is 2.04. The third-order valence-electron chi connectivity index (χ3n) is 1.98. The largest absolute Gasteiger partial charge is 0.461 e. The summed E-state index contributed by atoms with van der Waals surface area (Å²) in [5.74, 6) is -0.485. The van der Waals surface area contributed by atoms with Crippen molar-refractivity contribution in [3.05, 3.63) is 24.0 Å². The number of ether oxygens (including phenoxy) is 1. The average Bonchev–Trinajstić information content (AvgIpc) is 2.75. The van der Waals surface area contributed by atoms with Gasteiger partial charge in [-0.25, -0.2) is 4.79 Å². The Kier molecular flexibility index (Phi) is 4.88. The Morgan fingerprint density at radius 3 is 3.12 bits per heavy atom. The van der Waals surface area contributed by atoms with E-state index in [1.807, 2.05) is 6.07 Å². The van der Waals surface area contributed by atoms with Crippen molar-refractivity contribution in [1.82, 2.24) is 15.0 Å². The highest BCUT2D eigenvalue weighted by Gasteiger charge is 2.11. The van der Waals surface area contributed by atoms with Gasteiger partial charge in [0.25, 0.3) is 0 Å². The van der Waals surface area contributed by atoms with E-state index < -0.39 is 5.97 Å². The number of carbonyl (C=O) groups is 1. The van der Waals surface area contributed by atoms with Gasteiger partial charge in [-0.1, -0.05) is 12.2 Å². The normalized spacial score (nSPS) is 9.65. The molecule has 17 heavy (non-hydrogen) atoms. The van der Waals surface area contributed by atoms with E-state index in [0.29, 0.717) is 26.0 Å². The predicted molar refractivity (Wildman–Crippen MR) is 60.0 cm³/mol. The molecule has 0 aromatic carbocycles. The molecule has 0 aliphatic rings. The summed E-state index contributed by atoms with van der Waals surface area (Å²) in [7, 11) is 0. The first kappa shape index (κ1) is 12.9. The van der Waals surface area contributed by atoms with E-state index in [4.69, 9.17) is 10.00 Å². The molecule has 0 N–H and O–H groups in total. The average molecular weight is 234 g/mol. The Hall–Kier alpha value is -2.16. The second-order valence-corrected chi connectivity index (χ2v) is 3.39. The van der Waals surface area contributed by atoms with E-state index in [1.165, 1.54) is 11.0 Å². The van der Waals surface area contributed by atoms with Gasteiger partial charge in [0.2, 0.25) is 0 Å². The quantitative estimate of drug-likeness (QED) is 0.547. The smallest absolute Gasteiger partial charge is 0.360 e. The molecule has 1 rings (SSSR count). The third kappa shape index (κ3) is 4.07. The molecule has 90 valence electrons. The van der Waals surface area contributed by atoms with Crippen molar-refractivity contribution in [2.24, 2.45) is 0 Å². The van der Waals surface area contributed by atoms with E-state index in [9.17, 15) is 4.79 Å². The molecule has 0 aliphatic heterocycles. The van der Waals surface area contributed by atoms with Gasteiger partial charge in [-0.15, -0.1) is 5.10 Å².